The van der Waals surface area contributed by atoms with Crippen LogP contribution in [0.25, 0.3) is 0 Å². The lowest BCUT2D eigenvalue weighted by Gasteiger charge is -2.22. The molecule has 3 amide bonds. The summed E-state index contributed by atoms with van der Waals surface area (Å²) in [7, 11) is 0. The summed E-state index contributed by atoms with van der Waals surface area (Å²) < 4.78 is 0. The summed E-state index contributed by atoms with van der Waals surface area (Å²) >= 11 is 0. The van der Waals surface area contributed by atoms with Crippen LogP contribution in [-0.2, 0) is 16.9 Å². The van der Waals surface area contributed by atoms with E-state index in [1.54, 1.807) is 6.92 Å². The number of nitrogens with zero attached hydrogens (tertiary/aromatic N) is 1. The van der Waals surface area contributed by atoms with Crippen molar-refractivity contribution in [3.05, 3.63) is 70.3 Å². The Hall–Kier alpha value is -2.62. The predicted octanol–water partition coefficient (Wildman–Crippen LogP) is 3.58. The van der Waals surface area contributed by atoms with Gasteiger partial charge in [0.1, 0.15) is 5.54 Å². The Kier molecular flexibility index (Phi) is 3.91. The fourth-order valence-corrected chi connectivity index (χ4v) is 3.27. The molecule has 0 radical (unpaired) electrons. The maximum absolute atomic E-state index is 12.9. The fraction of sp³-hybridized carbons (Fsp3) is 0.300. The molecular formula is C20H22N2O2. The lowest BCUT2D eigenvalue weighted by atomic mass is 9.91. The number of carbonyl (C=O) groups is 2. The van der Waals surface area contributed by atoms with E-state index in [1.165, 1.54) is 4.90 Å². The summed E-state index contributed by atoms with van der Waals surface area (Å²) in [5.74, 6) is -0.212. The molecule has 4 nitrogen and oxygen atoms in total. The number of benzene rings is 2. The summed E-state index contributed by atoms with van der Waals surface area (Å²) in [6, 6.07) is 13.4. The van der Waals surface area contributed by atoms with E-state index in [2.05, 4.69) is 11.4 Å². The van der Waals surface area contributed by atoms with Crippen molar-refractivity contribution >= 4 is 11.9 Å². The molecule has 1 heterocycles. The number of hydrogen-bond donors (Lipinski definition) is 1. The number of nitrogens with one attached hydrogen (secondary N) is 1. The average Bonchev–Trinajstić information content (AvgIpc) is 2.71. The third-order valence-corrected chi connectivity index (χ3v) is 4.53. The van der Waals surface area contributed by atoms with E-state index >= 15 is 0 Å². The number of rotatable bonds is 3. The Morgan fingerprint density at radius 2 is 1.50 bits per heavy atom. The minimum Gasteiger partial charge on any atom is -0.319 e. The van der Waals surface area contributed by atoms with Crippen molar-refractivity contribution in [2.75, 3.05) is 0 Å². The van der Waals surface area contributed by atoms with Crippen molar-refractivity contribution in [3.63, 3.8) is 0 Å². The molecule has 124 valence electrons. The van der Waals surface area contributed by atoms with E-state index in [1.807, 2.05) is 57.2 Å². The van der Waals surface area contributed by atoms with E-state index < -0.39 is 5.54 Å². The van der Waals surface area contributed by atoms with Crippen LogP contribution < -0.4 is 5.32 Å². The highest BCUT2D eigenvalue weighted by molar-refractivity contribution is 6.07. The number of aryl methyl sites for hydroxylation is 3. The zero-order valence-electron chi connectivity index (χ0n) is 14.5. The Morgan fingerprint density at radius 1 is 0.917 bits per heavy atom. The van der Waals surface area contributed by atoms with Crippen LogP contribution in [0.2, 0.25) is 0 Å². The molecule has 0 spiro atoms. The van der Waals surface area contributed by atoms with Crippen LogP contribution in [0.4, 0.5) is 4.79 Å². The van der Waals surface area contributed by atoms with E-state index in [0.717, 1.165) is 27.8 Å². The van der Waals surface area contributed by atoms with Gasteiger partial charge in [-0.1, -0.05) is 59.2 Å². The minimum absolute atomic E-state index is 0.212. The van der Waals surface area contributed by atoms with Crippen molar-refractivity contribution in [2.45, 2.75) is 39.8 Å². The molecule has 0 aliphatic carbocycles. The Bertz CT molecular complexity index is 791. The van der Waals surface area contributed by atoms with Crippen LogP contribution >= 0.6 is 0 Å². The highest BCUT2D eigenvalue weighted by atomic mass is 16.2. The minimum atomic E-state index is -1.01. The summed E-state index contributed by atoms with van der Waals surface area (Å²) in [5, 5.41) is 2.85. The maximum Gasteiger partial charge on any atom is 0.325 e. The summed E-state index contributed by atoms with van der Waals surface area (Å²) in [5.41, 5.74) is 4.12. The summed E-state index contributed by atoms with van der Waals surface area (Å²) in [6.45, 7) is 8.07. The quantitative estimate of drug-likeness (QED) is 0.878. The molecule has 1 aliphatic heterocycles. The van der Waals surface area contributed by atoms with Gasteiger partial charge in [0.15, 0.2) is 0 Å². The number of imide groups is 1. The van der Waals surface area contributed by atoms with E-state index in [9.17, 15) is 9.59 Å². The first-order chi connectivity index (χ1) is 11.3. The zero-order valence-corrected chi connectivity index (χ0v) is 14.5. The van der Waals surface area contributed by atoms with Crippen LogP contribution in [0.3, 0.4) is 0 Å². The molecule has 1 saturated heterocycles. The van der Waals surface area contributed by atoms with Gasteiger partial charge in [-0.3, -0.25) is 9.69 Å². The molecule has 1 fully saturated rings. The maximum atomic E-state index is 12.9. The average molecular weight is 322 g/mol. The van der Waals surface area contributed by atoms with Crippen LogP contribution in [0, 0.1) is 20.8 Å². The first-order valence-corrected chi connectivity index (χ1v) is 8.08. The molecule has 1 N–H and O–H groups in total. The van der Waals surface area contributed by atoms with Crippen molar-refractivity contribution in [1.29, 1.82) is 0 Å². The summed E-state index contributed by atoms with van der Waals surface area (Å²) in [6.07, 6.45) is 0. The standard InChI is InChI=1S/C20H22N2O2/c1-13-5-7-17(8-6-13)20(4)18(23)22(19(24)21-20)12-16-10-14(2)9-15(3)11-16/h5-11H,12H2,1-4H3,(H,21,24). The van der Waals surface area contributed by atoms with Gasteiger partial charge in [0.05, 0.1) is 6.54 Å². The summed E-state index contributed by atoms with van der Waals surface area (Å²) in [4.78, 5) is 26.6. The number of carbonyl (C=O) groups excluding carboxylic acids is 2. The van der Waals surface area contributed by atoms with Gasteiger partial charge in [0.25, 0.3) is 5.91 Å². The fourth-order valence-electron chi connectivity index (χ4n) is 3.27. The molecule has 0 bridgehead atoms. The van der Waals surface area contributed by atoms with Crippen LogP contribution in [-0.4, -0.2) is 16.8 Å². The molecule has 1 aliphatic rings. The molecule has 3 rings (SSSR count). The van der Waals surface area contributed by atoms with E-state index in [0.29, 0.717) is 0 Å². The first kappa shape index (κ1) is 16.2. The number of hydrogen-bond acceptors (Lipinski definition) is 2. The number of amides is 3. The second-order valence-electron chi connectivity index (χ2n) is 6.81. The van der Waals surface area contributed by atoms with Gasteiger partial charge in [-0.25, -0.2) is 4.79 Å². The van der Waals surface area contributed by atoms with Gasteiger partial charge in [0.2, 0.25) is 0 Å². The topological polar surface area (TPSA) is 49.4 Å². The van der Waals surface area contributed by atoms with Crippen molar-refractivity contribution in [3.8, 4) is 0 Å². The lowest BCUT2D eigenvalue weighted by Crippen LogP contribution is -2.40. The Labute approximate surface area is 142 Å². The Morgan fingerprint density at radius 3 is 2.08 bits per heavy atom. The molecule has 1 atom stereocenters. The molecule has 0 aromatic heterocycles. The highest BCUT2D eigenvalue weighted by Gasteiger charge is 2.48. The SMILES string of the molecule is Cc1ccc(C2(C)NC(=O)N(Cc3cc(C)cc(C)c3)C2=O)cc1. The zero-order chi connectivity index (χ0) is 17.5. The molecule has 24 heavy (non-hydrogen) atoms. The number of urea groups is 1. The predicted molar refractivity (Wildman–Crippen MR) is 93.5 cm³/mol. The van der Waals surface area contributed by atoms with Crippen molar-refractivity contribution in [1.82, 2.24) is 10.2 Å². The monoisotopic (exact) mass is 322 g/mol. The van der Waals surface area contributed by atoms with Gasteiger partial charge in [-0.15, -0.1) is 0 Å². The molecule has 2 aromatic carbocycles. The second-order valence-corrected chi connectivity index (χ2v) is 6.81. The van der Waals surface area contributed by atoms with Crippen molar-refractivity contribution < 1.29 is 9.59 Å². The molecule has 1 unspecified atom stereocenters. The first-order valence-electron chi connectivity index (χ1n) is 8.08. The highest BCUT2D eigenvalue weighted by Crippen LogP contribution is 2.30. The molecular weight excluding hydrogens is 300 g/mol. The molecule has 4 heteroatoms. The normalized spacial score (nSPS) is 20.4. The van der Waals surface area contributed by atoms with Gasteiger partial charge >= 0.3 is 6.03 Å². The van der Waals surface area contributed by atoms with Crippen LogP contribution in [0.1, 0.15) is 34.7 Å². The van der Waals surface area contributed by atoms with E-state index in [-0.39, 0.29) is 18.5 Å². The Balaban J connectivity index is 1.90. The van der Waals surface area contributed by atoms with Gasteiger partial charge in [-0.2, -0.15) is 0 Å². The third-order valence-electron chi connectivity index (χ3n) is 4.53. The lowest BCUT2D eigenvalue weighted by molar-refractivity contribution is -0.131. The van der Waals surface area contributed by atoms with Gasteiger partial charge in [-0.05, 0) is 38.8 Å². The van der Waals surface area contributed by atoms with Gasteiger partial charge in [0, 0.05) is 0 Å². The van der Waals surface area contributed by atoms with Crippen LogP contribution in [0.15, 0.2) is 42.5 Å². The van der Waals surface area contributed by atoms with E-state index in [4.69, 9.17) is 0 Å². The molecule has 0 saturated carbocycles. The largest absolute Gasteiger partial charge is 0.325 e. The second kappa shape index (κ2) is 5.78. The van der Waals surface area contributed by atoms with Crippen LogP contribution in [0.5, 0.6) is 0 Å². The van der Waals surface area contributed by atoms with Gasteiger partial charge < -0.3 is 5.32 Å². The third kappa shape index (κ3) is 2.80. The van der Waals surface area contributed by atoms with Crippen molar-refractivity contribution in [2.24, 2.45) is 0 Å². The molecule has 2 aromatic rings. The smallest absolute Gasteiger partial charge is 0.319 e.